The van der Waals surface area contributed by atoms with Crippen molar-refractivity contribution in [1.82, 2.24) is 20.2 Å². The van der Waals surface area contributed by atoms with Crippen LogP contribution in [0.1, 0.15) is 30.5 Å². The van der Waals surface area contributed by atoms with Crippen LogP contribution in [0.5, 0.6) is 0 Å². The summed E-state index contributed by atoms with van der Waals surface area (Å²) in [4.78, 5) is 12.6. The van der Waals surface area contributed by atoms with Crippen LogP contribution in [0.4, 0.5) is 5.69 Å². The van der Waals surface area contributed by atoms with Crippen molar-refractivity contribution in [1.29, 1.82) is 0 Å². The molecule has 1 aromatic heterocycles. The molecule has 1 heterocycles. The molecule has 1 atom stereocenters. The highest BCUT2D eigenvalue weighted by Gasteiger charge is 2.20. The molecule has 3 rings (SSSR count). The maximum atomic E-state index is 12.6. The molecule has 3 aromatic rings. The van der Waals surface area contributed by atoms with Crippen LogP contribution in [-0.4, -0.2) is 31.4 Å². The number of hydrogen-bond acceptors (Lipinski definition) is 5. The van der Waals surface area contributed by atoms with Crippen LogP contribution in [0.3, 0.4) is 0 Å². The number of benzene rings is 2. The number of amides is 1. The second kappa shape index (κ2) is 8.35. The molecule has 140 valence electrons. The SMILES string of the molecule is CCc1ccc(NC(=O)C(C)Sc2nnnn2-c2cccc(C)c2C)cc1. The second-order valence-electron chi connectivity index (χ2n) is 6.39. The fourth-order valence-electron chi connectivity index (χ4n) is 2.65. The Balaban J connectivity index is 1.72. The fourth-order valence-corrected chi connectivity index (χ4v) is 3.45. The molecule has 0 aliphatic carbocycles. The van der Waals surface area contributed by atoms with Crippen LogP contribution in [0.25, 0.3) is 5.69 Å². The Hall–Kier alpha value is -2.67. The number of tetrazole rings is 1. The van der Waals surface area contributed by atoms with E-state index in [4.69, 9.17) is 0 Å². The molecule has 0 aliphatic heterocycles. The van der Waals surface area contributed by atoms with Gasteiger partial charge in [-0.15, -0.1) is 5.10 Å². The zero-order valence-corrected chi connectivity index (χ0v) is 16.7. The Kier molecular flexibility index (Phi) is 5.91. The molecule has 0 aliphatic rings. The monoisotopic (exact) mass is 381 g/mol. The number of aryl methyl sites for hydroxylation is 2. The van der Waals surface area contributed by atoms with E-state index >= 15 is 0 Å². The number of carbonyl (C=O) groups excluding carboxylic acids is 1. The van der Waals surface area contributed by atoms with Crippen molar-refractivity contribution >= 4 is 23.4 Å². The molecule has 0 spiro atoms. The lowest BCUT2D eigenvalue weighted by Gasteiger charge is -2.13. The first-order valence-corrected chi connectivity index (χ1v) is 9.79. The first kappa shape index (κ1) is 19.1. The van der Waals surface area contributed by atoms with Gasteiger partial charge in [-0.1, -0.05) is 43.0 Å². The zero-order chi connectivity index (χ0) is 19.4. The molecule has 1 unspecified atom stereocenters. The predicted octanol–water partition coefficient (Wildman–Crippen LogP) is 3.96. The highest BCUT2D eigenvalue weighted by atomic mass is 32.2. The van der Waals surface area contributed by atoms with Crippen LogP contribution >= 0.6 is 11.8 Å². The molecule has 1 amide bonds. The van der Waals surface area contributed by atoms with Gasteiger partial charge in [-0.25, -0.2) is 0 Å². The molecule has 1 N–H and O–H groups in total. The Morgan fingerprint density at radius 3 is 2.63 bits per heavy atom. The van der Waals surface area contributed by atoms with Gasteiger partial charge in [0.05, 0.1) is 10.9 Å². The lowest BCUT2D eigenvalue weighted by atomic mass is 10.1. The lowest BCUT2D eigenvalue weighted by Crippen LogP contribution is -2.23. The van der Waals surface area contributed by atoms with Crippen LogP contribution in [-0.2, 0) is 11.2 Å². The van der Waals surface area contributed by atoms with Crippen molar-refractivity contribution in [3.63, 3.8) is 0 Å². The van der Waals surface area contributed by atoms with Crippen molar-refractivity contribution < 1.29 is 4.79 Å². The molecular formula is C20H23N5OS. The van der Waals surface area contributed by atoms with E-state index in [9.17, 15) is 4.79 Å². The molecule has 0 fully saturated rings. The van der Waals surface area contributed by atoms with Gasteiger partial charge < -0.3 is 5.32 Å². The molecule has 0 saturated carbocycles. The average molecular weight is 382 g/mol. The van der Waals surface area contributed by atoms with Gasteiger partial charge in [0.2, 0.25) is 11.1 Å². The van der Waals surface area contributed by atoms with Gasteiger partial charge in [0.1, 0.15) is 0 Å². The lowest BCUT2D eigenvalue weighted by molar-refractivity contribution is -0.115. The van der Waals surface area contributed by atoms with E-state index in [0.717, 1.165) is 23.4 Å². The Labute approximate surface area is 163 Å². The Bertz CT molecular complexity index is 936. The van der Waals surface area contributed by atoms with Crippen LogP contribution in [0.15, 0.2) is 47.6 Å². The minimum atomic E-state index is -0.342. The molecule has 2 aromatic carbocycles. The van der Waals surface area contributed by atoms with E-state index in [1.54, 1.807) is 4.68 Å². The number of rotatable bonds is 6. The van der Waals surface area contributed by atoms with Gasteiger partial charge in [-0.2, -0.15) is 4.68 Å². The van der Waals surface area contributed by atoms with E-state index in [0.29, 0.717) is 5.16 Å². The van der Waals surface area contributed by atoms with Crippen molar-refractivity contribution in [3.05, 3.63) is 59.2 Å². The average Bonchev–Trinajstić information content (AvgIpc) is 3.12. The highest BCUT2D eigenvalue weighted by Crippen LogP contribution is 2.26. The molecule has 0 saturated heterocycles. The van der Waals surface area contributed by atoms with Crippen LogP contribution in [0.2, 0.25) is 0 Å². The third-order valence-electron chi connectivity index (χ3n) is 4.53. The van der Waals surface area contributed by atoms with Gasteiger partial charge in [-0.05, 0) is 72.5 Å². The van der Waals surface area contributed by atoms with Crippen molar-refractivity contribution in [2.75, 3.05) is 5.32 Å². The maximum Gasteiger partial charge on any atom is 0.237 e. The smallest absolute Gasteiger partial charge is 0.237 e. The second-order valence-corrected chi connectivity index (χ2v) is 7.70. The molecule has 6 nitrogen and oxygen atoms in total. The maximum absolute atomic E-state index is 12.6. The minimum absolute atomic E-state index is 0.0836. The van der Waals surface area contributed by atoms with Crippen molar-refractivity contribution in [2.24, 2.45) is 0 Å². The summed E-state index contributed by atoms with van der Waals surface area (Å²) < 4.78 is 1.69. The number of thioether (sulfide) groups is 1. The van der Waals surface area contributed by atoms with E-state index in [-0.39, 0.29) is 11.2 Å². The summed E-state index contributed by atoms with van der Waals surface area (Å²) in [6.07, 6.45) is 0.974. The minimum Gasteiger partial charge on any atom is -0.325 e. The topological polar surface area (TPSA) is 72.7 Å². The summed E-state index contributed by atoms with van der Waals surface area (Å²) >= 11 is 1.34. The molecule has 27 heavy (non-hydrogen) atoms. The van der Waals surface area contributed by atoms with Gasteiger partial charge in [0, 0.05) is 5.69 Å². The summed E-state index contributed by atoms with van der Waals surface area (Å²) in [6.45, 7) is 8.04. The molecule has 0 bridgehead atoms. The van der Waals surface area contributed by atoms with Crippen LogP contribution < -0.4 is 5.32 Å². The standard InChI is InChI=1S/C20H23N5OS/c1-5-16-9-11-17(12-10-16)21-19(26)15(4)27-20-22-23-24-25(20)18-8-6-7-13(2)14(18)3/h6-12,15H,5H2,1-4H3,(H,21,26). The van der Waals surface area contributed by atoms with Gasteiger partial charge >= 0.3 is 0 Å². The van der Waals surface area contributed by atoms with E-state index in [2.05, 4.69) is 40.8 Å². The quantitative estimate of drug-likeness (QED) is 0.654. The first-order chi connectivity index (χ1) is 13.0. The number of nitrogens with one attached hydrogen (secondary N) is 1. The molecule has 0 radical (unpaired) electrons. The van der Waals surface area contributed by atoms with Crippen molar-refractivity contribution in [3.8, 4) is 5.69 Å². The third-order valence-corrected chi connectivity index (χ3v) is 5.56. The van der Waals surface area contributed by atoms with E-state index in [1.165, 1.54) is 22.9 Å². The fraction of sp³-hybridized carbons (Fsp3) is 0.300. The summed E-state index contributed by atoms with van der Waals surface area (Å²) in [5.74, 6) is -0.0836. The van der Waals surface area contributed by atoms with E-state index < -0.39 is 0 Å². The third kappa shape index (κ3) is 4.36. The number of anilines is 1. The number of aromatic nitrogens is 4. The Morgan fingerprint density at radius 1 is 1.19 bits per heavy atom. The summed E-state index contributed by atoms with van der Waals surface area (Å²) in [6, 6.07) is 13.9. The normalized spacial score (nSPS) is 12.0. The zero-order valence-electron chi connectivity index (χ0n) is 15.9. The van der Waals surface area contributed by atoms with Crippen LogP contribution in [0, 0.1) is 13.8 Å². The molecular weight excluding hydrogens is 358 g/mol. The Morgan fingerprint density at radius 2 is 1.93 bits per heavy atom. The predicted molar refractivity (Wildman–Crippen MR) is 108 cm³/mol. The summed E-state index contributed by atoms with van der Waals surface area (Å²) in [7, 11) is 0. The molecule has 7 heteroatoms. The number of carbonyl (C=O) groups is 1. The summed E-state index contributed by atoms with van der Waals surface area (Å²) in [5.41, 5.74) is 5.23. The number of hydrogen-bond donors (Lipinski definition) is 1. The summed E-state index contributed by atoms with van der Waals surface area (Å²) in [5, 5.41) is 15.2. The largest absolute Gasteiger partial charge is 0.325 e. The number of nitrogens with zero attached hydrogens (tertiary/aromatic N) is 4. The van der Waals surface area contributed by atoms with Gasteiger partial charge in [-0.3, -0.25) is 4.79 Å². The van der Waals surface area contributed by atoms with Gasteiger partial charge in [0.25, 0.3) is 0 Å². The van der Waals surface area contributed by atoms with Crippen molar-refractivity contribution in [2.45, 2.75) is 44.5 Å². The van der Waals surface area contributed by atoms with Gasteiger partial charge in [0.15, 0.2) is 0 Å². The first-order valence-electron chi connectivity index (χ1n) is 8.91. The van der Waals surface area contributed by atoms with E-state index in [1.807, 2.05) is 50.2 Å². The highest BCUT2D eigenvalue weighted by molar-refractivity contribution is 8.00.